The van der Waals surface area contributed by atoms with Crippen LogP contribution in [-0.4, -0.2) is 42.3 Å². The van der Waals surface area contributed by atoms with Gasteiger partial charge in [0.1, 0.15) is 0 Å². The molecule has 3 N–H and O–H groups in total. The van der Waals surface area contributed by atoms with E-state index in [0.29, 0.717) is 0 Å². The van der Waals surface area contributed by atoms with Crippen LogP contribution in [-0.2, 0) is 0 Å². The molecule has 15 heteroatoms. The van der Waals surface area contributed by atoms with Crippen LogP contribution >= 0.6 is 0 Å². The molecule has 162 valence electrons. The topological polar surface area (TPSA) is 38.0 Å². The molecule has 0 saturated heterocycles. The van der Waals surface area contributed by atoms with Gasteiger partial charge in [-0.15, -0.1) is 0 Å². The number of alkyl halides is 13. The number of benzene rings is 1. The molecular formula is C13H9F13N2. The molecule has 0 amide bonds. The van der Waals surface area contributed by atoms with Crippen LogP contribution in [0.3, 0.4) is 0 Å². The van der Waals surface area contributed by atoms with E-state index in [2.05, 4.69) is 0 Å². The van der Waals surface area contributed by atoms with E-state index in [0.717, 1.165) is 24.3 Å². The van der Waals surface area contributed by atoms with E-state index in [4.69, 9.17) is 5.73 Å². The Labute approximate surface area is 147 Å². The summed E-state index contributed by atoms with van der Waals surface area (Å²) in [7, 11) is 0. The van der Waals surface area contributed by atoms with Crippen LogP contribution in [0.15, 0.2) is 24.3 Å². The summed E-state index contributed by atoms with van der Waals surface area (Å²) in [6.45, 7) is -2.51. The van der Waals surface area contributed by atoms with Crippen molar-refractivity contribution in [3.05, 3.63) is 24.3 Å². The van der Waals surface area contributed by atoms with E-state index < -0.39 is 48.0 Å². The van der Waals surface area contributed by atoms with Crippen LogP contribution in [0.1, 0.15) is 0 Å². The first-order chi connectivity index (χ1) is 12.2. The first-order valence-corrected chi connectivity index (χ1v) is 6.77. The van der Waals surface area contributed by atoms with Gasteiger partial charge in [-0.3, -0.25) is 0 Å². The van der Waals surface area contributed by atoms with Crippen LogP contribution in [0.25, 0.3) is 0 Å². The predicted octanol–water partition coefficient (Wildman–Crippen LogP) is 5.42. The number of nitrogens with two attached hydrogens (primary N) is 1. The van der Waals surface area contributed by atoms with Crippen LogP contribution in [0, 0.1) is 0 Å². The molecule has 1 aromatic carbocycles. The normalized spacial score (nSPS) is 14.9. The molecule has 0 saturated carbocycles. The zero-order chi connectivity index (χ0) is 22.4. The first-order valence-electron chi connectivity index (χ1n) is 6.77. The quantitative estimate of drug-likeness (QED) is 0.439. The van der Waals surface area contributed by atoms with Gasteiger partial charge < -0.3 is 11.1 Å². The lowest BCUT2D eigenvalue weighted by molar-refractivity contribution is -0.438. The third-order valence-electron chi connectivity index (χ3n) is 3.42. The minimum absolute atomic E-state index is 0.0585. The molecule has 0 fully saturated rings. The summed E-state index contributed by atoms with van der Waals surface area (Å²) < 4.78 is 168. The van der Waals surface area contributed by atoms with Crippen molar-refractivity contribution in [3.63, 3.8) is 0 Å². The number of halogens is 13. The standard InChI is InChI=1S/C13H9F13N2/c14-8(15,5-28-7-3-1-6(27)2-4-7)9(16,17)10(18,19)11(20,21)12(22,23)13(24,25)26/h1-4,28H,5,27H2. The molecule has 0 spiro atoms. The number of nitrogens with one attached hydrogen (secondary N) is 1. The van der Waals surface area contributed by atoms with Crippen LogP contribution in [0.2, 0.25) is 0 Å². The number of hydrogen-bond acceptors (Lipinski definition) is 2. The molecule has 0 aliphatic carbocycles. The second kappa shape index (κ2) is 6.76. The van der Waals surface area contributed by atoms with Gasteiger partial charge in [-0.2, -0.15) is 57.1 Å². The maximum Gasteiger partial charge on any atom is 0.460 e. The molecule has 0 bridgehead atoms. The largest absolute Gasteiger partial charge is 0.460 e. The summed E-state index contributed by atoms with van der Waals surface area (Å²) >= 11 is 0. The zero-order valence-electron chi connectivity index (χ0n) is 13.0. The SMILES string of the molecule is Nc1ccc(NCC(F)(F)C(F)(F)C(F)(F)C(F)(F)C(F)(F)C(F)(F)F)cc1. The first kappa shape index (κ1) is 23.9. The smallest absolute Gasteiger partial charge is 0.399 e. The Morgan fingerprint density at radius 1 is 0.607 bits per heavy atom. The Hall–Kier alpha value is -2.09. The average molecular weight is 440 g/mol. The van der Waals surface area contributed by atoms with E-state index in [1.165, 1.54) is 5.32 Å². The van der Waals surface area contributed by atoms with Gasteiger partial charge in [0.15, 0.2) is 0 Å². The van der Waals surface area contributed by atoms with Crippen molar-refractivity contribution in [1.82, 2.24) is 0 Å². The summed E-state index contributed by atoms with van der Waals surface area (Å²) in [5, 5.41) is 1.44. The Morgan fingerprint density at radius 3 is 1.39 bits per heavy atom. The summed E-state index contributed by atoms with van der Waals surface area (Å²) in [5.74, 6) is -36.9. The molecule has 0 atom stereocenters. The van der Waals surface area contributed by atoms with Crippen molar-refractivity contribution in [3.8, 4) is 0 Å². The van der Waals surface area contributed by atoms with Gasteiger partial charge in [0.25, 0.3) is 0 Å². The summed E-state index contributed by atoms with van der Waals surface area (Å²) in [5.41, 5.74) is 4.83. The number of nitrogen functional groups attached to an aromatic ring is 1. The Bertz CT molecular complexity index is 679. The maximum atomic E-state index is 13.5. The monoisotopic (exact) mass is 440 g/mol. The minimum atomic E-state index is -7.90. The number of hydrogen-bond donors (Lipinski definition) is 2. The van der Waals surface area contributed by atoms with E-state index in [-0.39, 0.29) is 5.69 Å². The van der Waals surface area contributed by atoms with Crippen molar-refractivity contribution >= 4 is 11.4 Å². The molecule has 0 radical (unpaired) electrons. The summed E-state index contributed by atoms with van der Waals surface area (Å²) in [4.78, 5) is 0. The summed E-state index contributed by atoms with van der Waals surface area (Å²) in [6, 6.07) is 3.83. The predicted molar refractivity (Wildman–Crippen MR) is 70.1 cm³/mol. The maximum absolute atomic E-state index is 13.5. The molecule has 0 aromatic heterocycles. The molecule has 0 aliphatic heterocycles. The highest BCUT2D eigenvalue weighted by atomic mass is 19.4. The fourth-order valence-corrected chi connectivity index (χ4v) is 1.73. The zero-order valence-corrected chi connectivity index (χ0v) is 13.0. The second-order valence-corrected chi connectivity index (χ2v) is 5.48. The molecular weight excluding hydrogens is 431 g/mol. The van der Waals surface area contributed by atoms with E-state index >= 15 is 0 Å². The molecule has 1 aromatic rings. The average Bonchev–Trinajstić information content (AvgIpc) is 2.52. The van der Waals surface area contributed by atoms with Crippen LogP contribution in [0.4, 0.5) is 68.5 Å². The van der Waals surface area contributed by atoms with E-state index in [1.807, 2.05) is 0 Å². The fraction of sp³-hybridized carbons (Fsp3) is 0.538. The molecule has 0 unspecified atom stereocenters. The van der Waals surface area contributed by atoms with Gasteiger partial charge in [-0.1, -0.05) is 0 Å². The Morgan fingerprint density at radius 2 is 1.00 bits per heavy atom. The number of anilines is 2. The van der Waals surface area contributed by atoms with Crippen molar-refractivity contribution in [2.24, 2.45) is 0 Å². The van der Waals surface area contributed by atoms with Crippen LogP contribution < -0.4 is 11.1 Å². The van der Waals surface area contributed by atoms with E-state index in [9.17, 15) is 57.1 Å². The molecule has 0 aliphatic rings. The third-order valence-corrected chi connectivity index (χ3v) is 3.42. The van der Waals surface area contributed by atoms with Crippen LogP contribution in [0.5, 0.6) is 0 Å². The molecule has 28 heavy (non-hydrogen) atoms. The van der Waals surface area contributed by atoms with Gasteiger partial charge in [0.05, 0.1) is 6.54 Å². The highest BCUT2D eigenvalue weighted by Crippen LogP contribution is 2.60. The molecule has 2 nitrogen and oxygen atoms in total. The van der Waals surface area contributed by atoms with Crippen molar-refractivity contribution < 1.29 is 57.1 Å². The third kappa shape index (κ3) is 3.62. The van der Waals surface area contributed by atoms with Gasteiger partial charge in [-0.05, 0) is 24.3 Å². The van der Waals surface area contributed by atoms with Gasteiger partial charge in [-0.25, -0.2) is 0 Å². The lowest BCUT2D eigenvalue weighted by Gasteiger charge is -2.39. The van der Waals surface area contributed by atoms with Crippen molar-refractivity contribution in [1.29, 1.82) is 0 Å². The van der Waals surface area contributed by atoms with Gasteiger partial charge >= 0.3 is 35.8 Å². The second-order valence-electron chi connectivity index (χ2n) is 5.48. The lowest BCUT2D eigenvalue weighted by Crippen LogP contribution is -2.70. The Balaban J connectivity index is 3.23. The Kier molecular flexibility index (Phi) is 5.78. The number of rotatable bonds is 7. The fourth-order valence-electron chi connectivity index (χ4n) is 1.73. The highest BCUT2D eigenvalue weighted by Gasteiger charge is 2.90. The van der Waals surface area contributed by atoms with E-state index in [1.54, 1.807) is 0 Å². The van der Waals surface area contributed by atoms with Gasteiger partial charge in [0, 0.05) is 11.4 Å². The molecule has 0 heterocycles. The molecule has 1 rings (SSSR count). The highest BCUT2D eigenvalue weighted by molar-refractivity contribution is 5.51. The lowest BCUT2D eigenvalue weighted by atomic mass is 9.94. The minimum Gasteiger partial charge on any atom is -0.399 e. The van der Waals surface area contributed by atoms with Gasteiger partial charge in [0.2, 0.25) is 0 Å². The van der Waals surface area contributed by atoms with Crippen molar-refractivity contribution in [2.75, 3.05) is 17.6 Å². The summed E-state index contributed by atoms with van der Waals surface area (Å²) in [6.07, 6.45) is -7.42. The van der Waals surface area contributed by atoms with Crippen molar-refractivity contribution in [2.45, 2.75) is 35.8 Å².